The Labute approximate surface area is 165 Å². The van der Waals surface area contributed by atoms with Gasteiger partial charge in [-0.05, 0) is 44.9 Å². The van der Waals surface area contributed by atoms with E-state index in [4.69, 9.17) is 21.1 Å². The van der Waals surface area contributed by atoms with Crippen LogP contribution in [0, 0.1) is 18.3 Å². The monoisotopic (exact) mass is 391 g/mol. The fraction of sp³-hybridized carbons (Fsp3) is 0.600. The Morgan fingerprint density at radius 3 is 2.74 bits per heavy atom. The van der Waals surface area contributed by atoms with E-state index in [-0.39, 0.29) is 18.2 Å². The summed E-state index contributed by atoms with van der Waals surface area (Å²) in [5.41, 5.74) is 1.90. The van der Waals surface area contributed by atoms with E-state index < -0.39 is 5.60 Å². The van der Waals surface area contributed by atoms with Crippen LogP contribution in [-0.2, 0) is 9.47 Å². The Morgan fingerprint density at radius 1 is 1.33 bits per heavy atom. The highest BCUT2D eigenvalue weighted by atomic mass is 35.5. The molecule has 0 spiro atoms. The van der Waals surface area contributed by atoms with Crippen molar-refractivity contribution in [1.29, 1.82) is 5.26 Å². The second kappa shape index (κ2) is 7.67. The summed E-state index contributed by atoms with van der Waals surface area (Å²) in [6.45, 7) is 10.8. The highest BCUT2D eigenvalue weighted by Crippen LogP contribution is 2.32. The van der Waals surface area contributed by atoms with Crippen LogP contribution in [0.3, 0.4) is 0 Å². The molecule has 2 heterocycles. The Kier molecular flexibility index (Phi) is 5.66. The number of nitriles is 1. The Bertz CT molecular complexity index is 769. The maximum atomic E-state index is 12.3. The Balaban J connectivity index is 1.67. The lowest BCUT2D eigenvalue weighted by Crippen LogP contribution is -2.60. The third-order valence-electron chi connectivity index (χ3n) is 5.06. The Morgan fingerprint density at radius 2 is 2.07 bits per heavy atom. The lowest BCUT2D eigenvalue weighted by Gasteiger charge is -2.46. The van der Waals surface area contributed by atoms with Crippen LogP contribution in [0.4, 0.5) is 4.79 Å². The highest BCUT2D eigenvalue weighted by Gasteiger charge is 2.37. The van der Waals surface area contributed by atoms with Gasteiger partial charge in [0, 0.05) is 26.2 Å². The molecule has 2 aliphatic rings. The standard InChI is InChI=1S/C20H26ClN3O3/c1-13-15(5-6-17(21)16(13)9-22)18-11-23-7-8-24(10-14(23)12-26-18)19(25)27-20(2,3)4/h5-6,14,18H,7-8,10-12H2,1-4H3/t14-,18+/m0/s1. The minimum Gasteiger partial charge on any atom is -0.444 e. The molecule has 2 saturated heterocycles. The van der Waals surface area contributed by atoms with Crippen LogP contribution in [0.1, 0.15) is 43.6 Å². The third kappa shape index (κ3) is 4.37. The summed E-state index contributed by atoms with van der Waals surface area (Å²) in [6, 6.07) is 6.04. The number of carbonyl (C=O) groups is 1. The van der Waals surface area contributed by atoms with Gasteiger partial charge in [0.2, 0.25) is 0 Å². The number of halogens is 1. The largest absolute Gasteiger partial charge is 0.444 e. The van der Waals surface area contributed by atoms with Crippen LogP contribution in [-0.4, -0.2) is 60.3 Å². The van der Waals surface area contributed by atoms with Gasteiger partial charge in [-0.15, -0.1) is 0 Å². The molecular weight excluding hydrogens is 366 g/mol. The predicted octanol–water partition coefficient (Wildman–Crippen LogP) is 3.51. The number of amides is 1. The summed E-state index contributed by atoms with van der Waals surface area (Å²) in [5, 5.41) is 9.81. The fourth-order valence-corrected chi connectivity index (χ4v) is 3.89. The van der Waals surface area contributed by atoms with Gasteiger partial charge in [-0.1, -0.05) is 17.7 Å². The normalized spacial score (nSPS) is 23.5. The first-order valence-corrected chi connectivity index (χ1v) is 9.60. The number of benzene rings is 1. The van der Waals surface area contributed by atoms with Crippen molar-refractivity contribution in [2.45, 2.75) is 45.4 Å². The summed E-state index contributed by atoms with van der Waals surface area (Å²) in [5.74, 6) is 0. The number of carbonyl (C=O) groups excluding carboxylic acids is 1. The van der Waals surface area contributed by atoms with E-state index in [0.717, 1.165) is 24.2 Å². The van der Waals surface area contributed by atoms with Crippen LogP contribution in [0.5, 0.6) is 0 Å². The molecule has 7 heteroatoms. The first kappa shape index (κ1) is 19.9. The molecule has 2 fully saturated rings. The summed E-state index contributed by atoms with van der Waals surface area (Å²) >= 11 is 6.12. The molecule has 0 bridgehead atoms. The number of morpholine rings is 1. The van der Waals surface area contributed by atoms with Gasteiger partial charge in [-0.3, -0.25) is 4.90 Å². The maximum absolute atomic E-state index is 12.3. The molecule has 6 nitrogen and oxygen atoms in total. The Hall–Kier alpha value is -1.81. The number of nitrogens with zero attached hydrogens (tertiary/aromatic N) is 3. The maximum Gasteiger partial charge on any atom is 0.410 e. The first-order valence-electron chi connectivity index (χ1n) is 9.22. The van der Waals surface area contributed by atoms with E-state index in [9.17, 15) is 10.1 Å². The van der Waals surface area contributed by atoms with Crippen LogP contribution in [0.15, 0.2) is 12.1 Å². The molecule has 1 aromatic rings. The summed E-state index contributed by atoms with van der Waals surface area (Å²) < 4.78 is 11.6. The van der Waals surface area contributed by atoms with Crippen LogP contribution >= 0.6 is 11.6 Å². The van der Waals surface area contributed by atoms with Gasteiger partial charge >= 0.3 is 6.09 Å². The summed E-state index contributed by atoms with van der Waals surface area (Å²) in [6.07, 6.45) is -0.366. The molecule has 3 rings (SSSR count). The van der Waals surface area contributed by atoms with Gasteiger partial charge in [-0.2, -0.15) is 5.26 Å². The summed E-state index contributed by atoms with van der Waals surface area (Å²) in [7, 11) is 0. The second-order valence-corrected chi connectivity index (χ2v) is 8.55. The number of hydrogen-bond acceptors (Lipinski definition) is 5. The van der Waals surface area contributed by atoms with Crippen molar-refractivity contribution in [2.75, 3.05) is 32.8 Å². The van der Waals surface area contributed by atoms with Gasteiger partial charge in [-0.25, -0.2) is 4.79 Å². The van der Waals surface area contributed by atoms with Crippen LogP contribution in [0.2, 0.25) is 5.02 Å². The number of piperazine rings is 1. The van der Waals surface area contributed by atoms with Crippen molar-refractivity contribution in [2.24, 2.45) is 0 Å². The van der Waals surface area contributed by atoms with Crippen LogP contribution in [0.25, 0.3) is 0 Å². The number of ether oxygens (including phenoxy) is 2. The highest BCUT2D eigenvalue weighted by molar-refractivity contribution is 6.31. The number of hydrogen-bond donors (Lipinski definition) is 0. The molecule has 0 aromatic heterocycles. The molecule has 2 aliphatic heterocycles. The lowest BCUT2D eigenvalue weighted by atomic mass is 9.96. The zero-order chi connectivity index (χ0) is 19.8. The lowest BCUT2D eigenvalue weighted by molar-refractivity contribution is -0.0908. The molecule has 146 valence electrons. The average molecular weight is 392 g/mol. The molecule has 0 saturated carbocycles. The van der Waals surface area contributed by atoms with Gasteiger partial charge in [0.1, 0.15) is 11.7 Å². The van der Waals surface area contributed by atoms with Crippen molar-refractivity contribution in [3.05, 3.63) is 33.8 Å². The van der Waals surface area contributed by atoms with Gasteiger partial charge < -0.3 is 14.4 Å². The zero-order valence-corrected chi connectivity index (χ0v) is 17.0. The van der Waals surface area contributed by atoms with Crippen LogP contribution < -0.4 is 0 Å². The predicted molar refractivity (Wildman–Crippen MR) is 103 cm³/mol. The minimum atomic E-state index is -0.493. The summed E-state index contributed by atoms with van der Waals surface area (Å²) in [4.78, 5) is 16.4. The average Bonchev–Trinajstić information content (AvgIpc) is 2.60. The topological polar surface area (TPSA) is 65.8 Å². The first-order chi connectivity index (χ1) is 12.7. The van der Waals surface area contributed by atoms with Crippen molar-refractivity contribution < 1.29 is 14.3 Å². The van der Waals surface area contributed by atoms with E-state index in [1.165, 1.54) is 0 Å². The SMILES string of the molecule is Cc1c([C@H]2CN3CCN(C(=O)OC(C)(C)C)C[C@H]3CO2)ccc(Cl)c1C#N. The van der Waals surface area contributed by atoms with Crippen molar-refractivity contribution in [3.63, 3.8) is 0 Å². The molecule has 1 aromatic carbocycles. The van der Waals surface area contributed by atoms with Crippen molar-refractivity contribution >= 4 is 17.7 Å². The number of fused-ring (bicyclic) bond motifs is 1. The van der Waals surface area contributed by atoms with E-state index >= 15 is 0 Å². The molecule has 0 N–H and O–H groups in total. The molecule has 0 aliphatic carbocycles. The molecule has 0 radical (unpaired) electrons. The van der Waals surface area contributed by atoms with Crippen molar-refractivity contribution in [1.82, 2.24) is 9.80 Å². The van der Waals surface area contributed by atoms with Gasteiger partial charge in [0.05, 0.1) is 29.3 Å². The minimum absolute atomic E-state index is 0.0984. The smallest absolute Gasteiger partial charge is 0.410 e. The second-order valence-electron chi connectivity index (χ2n) is 8.15. The van der Waals surface area contributed by atoms with Crippen molar-refractivity contribution in [3.8, 4) is 6.07 Å². The molecule has 27 heavy (non-hydrogen) atoms. The number of rotatable bonds is 1. The van der Waals surface area contributed by atoms with E-state index in [1.807, 2.05) is 33.8 Å². The zero-order valence-electron chi connectivity index (χ0n) is 16.3. The van der Waals surface area contributed by atoms with Gasteiger partial charge in [0.15, 0.2) is 0 Å². The van der Waals surface area contributed by atoms with E-state index in [0.29, 0.717) is 30.3 Å². The molecule has 2 atom stereocenters. The van der Waals surface area contributed by atoms with E-state index in [2.05, 4.69) is 11.0 Å². The third-order valence-corrected chi connectivity index (χ3v) is 5.38. The fourth-order valence-electron chi connectivity index (χ4n) is 3.65. The van der Waals surface area contributed by atoms with E-state index in [1.54, 1.807) is 11.0 Å². The quantitative estimate of drug-likeness (QED) is 0.732. The molecule has 0 unspecified atom stereocenters. The molecule has 1 amide bonds. The molecular formula is C20H26ClN3O3. The van der Waals surface area contributed by atoms with Gasteiger partial charge in [0.25, 0.3) is 0 Å².